The van der Waals surface area contributed by atoms with E-state index in [9.17, 15) is 13.6 Å². The van der Waals surface area contributed by atoms with Gasteiger partial charge in [0.2, 0.25) is 0 Å². The van der Waals surface area contributed by atoms with Crippen molar-refractivity contribution in [3.05, 3.63) is 29.3 Å². The molecule has 1 atom stereocenters. The van der Waals surface area contributed by atoms with Gasteiger partial charge in [0.05, 0.1) is 0 Å². The minimum absolute atomic E-state index is 0.177. The van der Waals surface area contributed by atoms with Gasteiger partial charge in [-0.3, -0.25) is 0 Å². The SMILES string of the molecule is CC(C)(C)OC(=O)[C@H]1Cc2c(F)cc(F)cc2N1. The number of fused-ring (bicyclic) bond motifs is 1. The summed E-state index contributed by atoms with van der Waals surface area (Å²) in [7, 11) is 0. The van der Waals surface area contributed by atoms with Crippen LogP contribution in [0, 0.1) is 11.6 Å². The molecule has 1 N–H and O–H groups in total. The number of hydrogen-bond donors (Lipinski definition) is 1. The van der Waals surface area contributed by atoms with E-state index in [0.717, 1.165) is 6.07 Å². The fourth-order valence-corrected chi connectivity index (χ4v) is 1.90. The number of halogens is 2. The van der Waals surface area contributed by atoms with Crippen molar-refractivity contribution in [1.29, 1.82) is 0 Å². The predicted octanol–water partition coefficient (Wildman–Crippen LogP) is 2.64. The first-order chi connectivity index (χ1) is 8.26. The number of nitrogens with one attached hydrogen (secondary N) is 1. The highest BCUT2D eigenvalue weighted by Crippen LogP contribution is 2.30. The van der Waals surface area contributed by atoms with E-state index in [0.29, 0.717) is 11.3 Å². The lowest BCUT2D eigenvalue weighted by molar-refractivity contribution is -0.155. The summed E-state index contributed by atoms with van der Waals surface area (Å²) < 4.78 is 31.7. The predicted molar refractivity (Wildman–Crippen MR) is 63.3 cm³/mol. The molecule has 1 aromatic rings. The molecule has 0 bridgehead atoms. The van der Waals surface area contributed by atoms with Crippen LogP contribution in [-0.4, -0.2) is 17.6 Å². The molecule has 0 fully saturated rings. The Balaban J connectivity index is 2.15. The van der Waals surface area contributed by atoms with Gasteiger partial charge in [-0.15, -0.1) is 0 Å². The number of ether oxygens (including phenoxy) is 1. The summed E-state index contributed by atoms with van der Waals surface area (Å²) in [4.78, 5) is 11.8. The highest BCUT2D eigenvalue weighted by atomic mass is 19.1. The summed E-state index contributed by atoms with van der Waals surface area (Å²) in [5.41, 5.74) is 0.0489. The van der Waals surface area contributed by atoms with Gasteiger partial charge in [0.25, 0.3) is 0 Å². The summed E-state index contributed by atoms with van der Waals surface area (Å²) in [5.74, 6) is -1.76. The summed E-state index contributed by atoms with van der Waals surface area (Å²) in [5, 5.41) is 2.78. The second kappa shape index (κ2) is 4.23. The average molecular weight is 255 g/mol. The van der Waals surface area contributed by atoms with Gasteiger partial charge in [0, 0.05) is 23.7 Å². The summed E-state index contributed by atoms with van der Waals surface area (Å²) in [6.45, 7) is 5.27. The Morgan fingerprint density at radius 3 is 2.67 bits per heavy atom. The van der Waals surface area contributed by atoms with Gasteiger partial charge < -0.3 is 10.1 Å². The van der Waals surface area contributed by atoms with E-state index in [-0.39, 0.29) is 6.42 Å². The molecule has 2 rings (SSSR count). The van der Waals surface area contributed by atoms with Crippen molar-refractivity contribution in [2.24, 2.45) is 0 Å². The Labute approximate surface area is 104 Å². The third kappa shape index (κ3) is 2.60. The highest BCUT2D eigenvalue weighted by Gasteiger charge is 2.32. The molecule has 1 aromatic carbocycles. The fraction of sp³-hybridized carbons (Fsp3) is 0.462. The maximum atomic E-state index is 13.5. The zero-order chi connectivity index (χ0) is 13.5. The minimum Gasteiger partial charge on any atom is -0.458 e. The van der Waals surface area contributed by atoms with E-state index in [1.807, 2.05) is 0 Å². The number of rotatable bonds is 1. The Hall–Kier alpha value is -1.65. The number of carbonyl (C=O) groups is 1. The lowest BCUT2D eigenvalue weighted by atomic mass is 10.1. The number of anilines is 1. The molecule has 0 saturated heterocycles. The average Bonchev–Trinajstić information content (AvgIpc) is 2.58. The summed E-state index contributed by atoms with van der Waals surface area (Å²) >= 11 is 0. The third-order valence-electron chi connectivity index (χ3n) is 2.59. The van der Waals surface area contributed by atoms with E-state index in [1.54, 1.807) is 20.8 Å². The van der Waals surface area contributed by atoms with Gasteiger partial charge in [0.1, 0.15) is 23.3 Å². The summed E-state index contributed by atoms with van der Waals surface area (Å²) in [6, 6.07) is 1.34. The standard InChI is InChI=1S/C13H15F2NO2/c1-13(2,3)18-12(17)11-6-8-9(15)4-7(14)5-10(8)16-11/h4-5,11,16H,6H2,1-3H3/t11-/m1/s1. The zero-order valence-corrected chi connectivity index (χ0v) is 10.5. The van der Waals surface area contributed by atoms with Crippen molar-refractivity contribution in [2.75, 3.05) is 5.32 Å². The lowest BCUT2D eigenvalue weighted by Crippen LogP contribution is -2.35. The number of hydrogen-bond acceptors (Lipinski definition) is 3. The van der Waals surface area contributed by atoms with Crippen molar-refractivity contribution >= 4 is 11.7 Å². The van der Waals surface area contributed by atoms with Gasteiger partial charge >= 0.3 is 5.97 Å². The van der Waals surface area contributed by atoms with Crippen molar-refractivity contribution in [3.63, 3.8) is 0 Å². The Morgan fingerprint density at radius 1 is 1.39 bits per heavy atom. The highest BCUT2D eigenvalue weighted by molar-refractivity contribution is 5.83. The van der Waals surface area contributed by atoms with E-state index in [1.165, 1.54) is 6.07 Å². The number of benzene rings is 1. The van der Waals surface area contributed by atoms with Crippen LogP contribution in [0.3, 0.4) is 0 Å². The van der Waals surface area contributed by atoms with Gasteiger partial charge in [-0.1, -0.05) is 0 Å². The van der Waals surface area contributed by atoms with E-state index in [4.69, 9.17) is 4.74 Å². The molecule has 1 aliphatic heterocycles. The van der Waals surface area contributed by atoms with Crippen molar-refractivity contribution in [2.45, 2.75) is 38.8 Å². The third-order valence-corrected chi connectivity index (χ3v) is 2.59. The molecular formula is C13H15F2NO2. The number of esters is 1. The second-order valence-electron chi connectivity index (χ2n) is 5.35. The van der Waals surface area contributed by atoms with Crippen LogP contribution >= 0.6 is 0 Å². The largest absolute Gasteiger partial charge is 0.458 e. The molecule has 0 spiro atoms. The molecular weight excluding hydrogens is 240 g/mol. The van der Waals surface area contributed by atoms with E-state index < -0.39 is 29.2 Å². The molecule has 1 aliphatic rings. The van der Waals surface area contributed by atoms with Crippen LogP contribution in [0.4, 0.5) is 14.5 Å². The van der Waals surface area contributed by atoms with Crippen LogP contribution in [0.15, 0.2) is 12.1 Å². The molecule has 0 aliphatic carbocycles. The summed E-state index contributed by atoms with van der Waals surface area (Å²) in [6.07, 6.45) is 0.177. The first-order valence-corrected chi connectivity index (χ1v) is 5.73. The molecule has 5 heteroatoms. The minimum atomic E-state index is -0.663. The van der Waals surface area contributed by atoms with Gasteiger partial charge in [-0.2, -0.15) is 0 Å². The molecule has 0 radical (unpaired) electrons. The van der Waals surface area contributed by atoms with Crippen molar-refractivity contribution in [3.8, 4) is 0 Å². The Bertz CT molecular complexity index is 494. The normalized spacial score (nSPS) is 18.2. The maximum absolute atomic E-state index is 13.5. The maximum Gasteiger partial charge on any atom is 0.329 e. The van der Waals surface area contributed by atoms with E-state index in [2.05, 4.69) is 5.32 Å². The molecule has 0 aromatic heterocycles. The first kappa shape index (κ1) is 12.8. The fourth-order valence-electron chi connectivity index (χ4n) is 1.90. The molecule has 1 heterocycles. The van der Waals surface area contributed by atoms with Gasteiger partial charge in [-0.05, 0) is 26.8 Å². The van der Waals surface area contributed by atoms with Crippen LogP contribution in [0.1, 0.15) is 26.3 Å². The molecule has 3 nitrogen and oxygen atoms in total. The van der Waals surface area contributed by atoms with Gasteiger partial charge in [-0.25, -0.2) is 13.6 Å². The van der Waals surface area contributed by atoms with Crippen LogP contribution in [0.5, 0.6) is 0 Å². The Morgan fingerprint density at radius 2 is 2.06 bits per heavy atom. The zero-order valence-electron chi connectivity index (χ0n) is 10.5. The van der Waals surface area contributed by atoms with Crippen LogP contribution in [0.2, 0.25) is 0 Å². The van der Waals surface area contributed by atoms with Crippen LogP contribution in [-0.2, 0) is 16.0 Å². The van der Waals surface area contributed by atoms with Gasteiger partial charge in [0.15, 0.2) is 0 Å². The molecule has 0 amide bonds. The molecule has 98 valence electrons. The smallest absolute Gasteiger partial charge is 0.329 e. The van der Waals surface area contributed by atoms with Crippen LogP contribution < -0.4 is 5.32 Å². The molecule has 0 unspecified atom stereocenters. The molecule has 0 saturated carbocycles. The lowest BCUT2D eigenvalue weighted by Gasteiger charge is -2.22. The monoisotopic (exact) mass is 255 g/mol. The first-order valence-electron chi connectivity index (χ1n) is 5.73. The van der Waals surface area contributed by atoms with E-state index >= 15 is 0 Å². The van der Waals surface area contributed by atoms with Crippen molar-refractivity contribution < 1.29 is 18.3 Å². The second-order valence-corrected chi connectivity index (χ2v) is 5.35. The number of carbonyl (C=O) groups excluding carboxylic acids is 1. The van der Waals surface area contributed by atoms with Crippen LogP contribution in [0.25, 0.3) is 0 Å². The van der Waals surface area contributed by atoms with Crippen molar-refractivity contribution in [1.82, 2.24) is 0 Å². The molecule has 18 heavy (non-hydrogen) atoms. The topological polar surface area (TPSA) is 38.3 Å². The quantitative estimate of drug-likeness (QED) is 0.784. The Kier molecular flexibility index (Phi) is 3.00.